The molecular weight excluding hydrogens is 540 g/mol. The fraction of sp³-hybridized carbons (Fsp3) is 0.441. The van der Waals surface area contributed by atoms with Gasteiger partial charge in [0.25, 0.3) is 0 Å². The van der Waals surface area contributed by atoms with Crippen LogP contribution in [0.15, 0.2) is 60.9 Å². The minimum absolute atomic E-state index is 0.0870. The van der Waals surface area contributed by atoms with Crippen molar-refractivity contribution in [1.29, 1.82) is 0 Å². The van der Waals surface area contributed by atoms with Crippen molar-refractivity contribution in [2.45, 2.75) is 89.4 Å². The van der Waals surface area contributed by atoms with E-state index in [1.807, 2.05) is 60.9 Å². The second-order valence-electron chi connectivity index (χ2n) is 12.5. The minimum atomic E-state index is -1.17. The number of carbonyl (C=O) groups is 3. The van der Waals surface area contributed by atoms with Crippen LogP contribution in [-0.2, 0) is 27.2 Å². The van der Waals surface area contributed by atoms with E-state index in [0.29, 0.717) is 18.8 Å². The molecule has 2 aromatic carbocycles. The van der Waals surface area contributed by atoms with Gasteiger partial charge in [0, 0.05) is 53.5 Å². The Bertz CT molecular complexity index is 1560. The predicted octanol–water partition coefficient (Wildman–Crippen LogP) is 4.58. The number of para-hydroxylation sites is 2. The molecule has 228 valence electrons. The van der Waals surface area contributed by atoms with E-state index in [2.05, 4.69) is 25.9 Å². The van der Waals surface area contributed by atoms with E-state index in [1.165, 1.54) is 32.1 Å². The lowest BCUT2D eigenvalue weighted by Crippen LogP contribution is -2.59. The average molecular weight is 585 g/mol. The molecule has 7 N–H and O–H groups in total. The molecule has 2 aromatic heterocycles. The van der Waals surface area contributed by atoms with E-state index in [4.69, 9.17) is 5.73 Å². The van der Waals surface area contributed by atoms with Gasteiger partial charge in [-0.3, -0.25) is 14.4 Å². The SMILES string of the molecule is CC(C)(N)C(=O)N[C@H](Cc1c[nH]c2ccccc12)C(=O)N[C@H](Cc1c[nH]c2ccccc12)NC(=O)CCC1CCCCC1. The lowest BCUT2D eigenvalue weighted by molar-refractivity contribution is -0.132. The first-order chi connectivity index (χ1) is 20.7. The summed E-state index contributed by atoms with van der Waals surface area (Å²) < 4.78 is 0. The molecule has 9 heteroatoms. The van der Waals surface area contributed by atoms with Gasteiger partial charge in [-0.2, -0.15) is 0 Å². The van der Waals surface area contributed by atoms with Gasteiger partial charge in [0.05, 0.1) is 5.54 Å². The molecule has 0 spiro atoms. The number of nitrogens with two attached hydrogens (primary N) is 1. The van der Waals surface area contributed by atoms with Gasteiger partial charge >= 0.3 is 0 Å². The Hall–Kier alpha value is -4.11. The molecule has 1 saturated carbocycles. The highest BCUT2D eigenvalue weighted by Gasteiger charge is 2.30. The first-order valence-electron chi connectivity index (χ1n) is 15.5. The number of amides is 3. The zero-order chi connectivity index (χ0) is 30.4. The van der Waals surface area contributed by atoms with E-state index in [0.717, 1.165) is 39.4 Å². The number of hydrogen-bond donors (Lipinski definition) is 6. The molecule has 1 fully saturated rings. The van der Waals surface area contributed by atoms with Crippen molar-refractivity contribution in [2.24, 2.45) is 11.7 Å². The Morgan fingerprint density at radius 1 is 0.837 bits per heavy atom. The molecule has 4 aromatic rings. The normalized spacial score (nSPS) is 15.7. The van der Waals surface area contributed by atoms with Gasteiger partial charge in [-0.15, -0.1) is 0 Å². The second kappa shape index (κ2) is 13.5. The summed E-state index contributed by atoms with van der Waals surface area (Å²) in [7, 11) is 0. The van der Waals surface area contributed by atoms with Gasteiger partial charge < -0.3 is 31.7 Å². The van der Waals surface area contributed by atoms with Crippen LogP contribution >= 0.6 is 0 Å². The van der Waals surface area contributed by atoms with Crippen molar-refractivity contribution >= 4 is 39.5 Å². The van der Waals surface area contributed by atoms with Crippen molar-refractivity contribution in [3.05, 3.63) is 72.1 Å². The molecule has 0 saturated heterocycles. The van der Waals surface area contributed by atoms with Crippen molar-refractivity contribution in [1.82, 2.24) is 25.9 Å². The van der Waals surface area contributed by atoms with Gasteiger partial charge in [-0.1, -0.05) is 68.5 Å². The van der Waals surface area contributed by atoms with Gasteiger partial charge in [0.15, 0.2) is 0 Å². The lowest BCUT2D eigenvalue weighted by atomic mass is 9.86. The van der Waals surface area contributed by atoms with Crippen LogP contribution in [-0.4, -0.2) is 45.4 Å². The number of nitrogens with one attached hydrogen (secondary N) is 5. The second-order valence-corrected chi connectivity index (χ2v) is 12.5. The number of fused-ring (bicyclic) bond motifs is 2. The number of aromatic nitrogens is 2. The smallest absolute Gasteiger partial charge is 0.244 e. The minimum Gasteiger partial charge on any atom is -0.361 e. The first kappa shape index (κ1) is 30.4. The van der Waals surface area contributed by atoms with Crippen LogP contribution in [0.2, 0.25) is 0 Å². The summed E-state index contributed by atoms with van der Waals surface area (Å²) in [6.07, 6.45) is 11.1. The maximum Gasteiger partial charge on any atom is 0.244 e. The van der Waals surface area contributed by atoms with Crippen molar-refractivity contribution < 1.29 is 14.4 Å². The molecule has 3 amide bonds. The number of H-pyrrole nitrogens is 2. The third-order valence-corrected chi connectivity index (χ3v) is 8.56. The van der Waals surface area contributed by atoms with Crippen LogP contribution in [0.4, 0.5) is 0 Å². The molecule has 2 heterocycles. The summed E-state index contributed by atoms with van der Waals surface area (Å²) in [5, 5.41) is 11.0. The molecule has 0 bridgehead atoms. The molecule has 0 radical (unpaired) electrons. The fourth-order valence-electron chi connectivity index (χ4n) is 6.08. The zero-order valence-corrected chi connectivity index (χ0v) is 25.2. The molecule has 43 heavy (non-hydrogen) atoms. The average Bonchev–Trinajstić information content (AvgIpc) is 3.60. The fourth-order valence-corrected chi connectivity index (χ4v) is 6.08. The van der Waals surface area contributed by atoms with Gasteiger partial charge in [-0.25, -0.2) is 0 Å². The summed E-state index contributed by atoms with van der Waals surface area (Å²) in [4.78, 5) is 46.6. The van der Waals surface area contributed by atoms with Crippen LogP contribution in [0.25, 0.3) is 21.8 Å². The Balaban J connectivity index is 1.35. The Morgan fingerprint density at radius 2 is 1.42 bits per heavy atom. The van der Waals surface area contributed by atoms with Crippen molar-refractivity contribution in [3.63, 3.8) is 0 Å². The van der Waals surface area contributed by atoms with Gasteiger partial charge in [-0.05, 0) is 49.4 Å². The molecule has 1 aliphatic rings. The predicted molar refractivity (Wildman–Crippen MR) is 170 cm³/mol. The third-order valence-electron chi connectivity index (χ3n) is 8.56. The number of hydrogen-bond acceptors (Lipinski definition) is 4. The highest BCUT2D eigenvalue weighted by Crippen LogP contribution is 2.27. The highest BCUT2D eigenvalue weighted by atomic mass is 16.2. The summed E-state index contributed by atoms with van der Waals surface area (Å²) >= 11 is 0. The van der Waals surface area contributed by atoms with Gasteiger partial charge in [0.2, 0.25) is 17.7 Å². The molecule has 2 atom stereocenters. The van der Waals surface area contributed by atoms with Crippen LogP contribution in [0, 0.1) is 5.92 Å². The van der Waals surface area contributed by atoms with Crippen LogP contribution in [0.3, 0.4) is 0 Å². The number of carbonyl (C=O) groups excluding carboxylic acids is 3. The lowest BCUT2D eigenvalue weighted by Gasteiger charge is -2.27. The van der Waals surface area contributed by atoms with Crippen LogP contribution in [0.1, 0.15) is 69.9 Å². The summed E-state index contributed by atoms with van der Waals surface area (Å²) in [6.45, 7) is 3.21. The van der Waals surface area contributed by atoms with E-state index in [-0.39, 0.29) is 18.2 Å². The number of rotatable bonds is 12. The Labute approximate surface area is 252 Å². The molecule has 0 unspecified atom stereocenters. The number of aromatic amines is 2. The summed E-state index contributed by atoms with van der Waals surface area (Å²) in [5.74, 6) is -0.329. The third kappa shape index (κ3) is 7.84. The Morgan fingerprint density at radius 3 is 2.02 bits per heavy atom. The standard InChI is InChI=1S/C34H44N6O3/c1-34(2,35)33(43)38-29(18-23-20-36-27-14-8-6-12-25(23)27)32(42)40-30(19-24-21-37-28-15-9-7-13-26(24)28)39-31(41)17-16-22-10-4-3-5-11-22/h6-9,12-15,20-22,29-30,36-37H,3-5,10-11,16-19,35H2,1-2H3,(H,38,43)(H,39,41)(H,40,42)/t29-,30-/m1/s1. The molecular formula is C34H44N6O3. The van der Waals surface area contributed by atoms with Crippen LogP contribution in [0.5, 0.6) is 0 Å². The van der Waals surface area contributed by atoms with Crippen LogP contribution < -0.4 is 21.7 Å². The molecule has 9 nitrogen and oxygen atoms in total. The Kier molecular flexibility index (Phi) is 9.50. The van der Waals surface area contributed by atoms with E-state index >= 15 is 0 Å². The maximum atomic E-state index is 13.9. The maximum absolute atomic E-state index is 13.9. The largest absolute Gasteiger partial charge is 0.361 e. The molecule has 1 aliphatic carbocycles. The first-order valence-corrected chi connectivity index (χ1v) is 15.5. The zero-order valence-electron chi connectivity index (χ0n) is 25.2. The summed E-state index contributed by atoms with van der Waals surface area (Å²) in [5.41, 5.74) is 8.73. The van der Waals surface area contributed by atoms with Crippen molar-refractivity contribution in [3.8, 4) is 0 Å². The van der Waals surface area contributed by atoms with E-state index in [9.17, 15) is 14.4 Å². The highest BCUT2D eigenvalue weighted by molar-refractivity contribution is 5.93. The van der Waals surface area contributed by atoms with Gasteiger partial charge in [0.1, 0.15) is 12.2 Å². The molecule has 5 rings (SSSR count). The monoisotopic (exact) mass is 584 g/mol. The quantitative estimate of drug-likeness (QED) is 0.135. The van der Waals surface area contributed by atoms with E-state index in [1.54, 1.807) is 13.8 Å². The van der Waals surface area contributed by atoms with Crippen molar-refractivity contribution in [2.75, 3.05) is 0 Å². The number of benzene rings is 2. The topological polar surface area (TPSA) is 145 Å². The molecule has 0 aliphatic heterocycles. The summed E-state index contributed by atoms with van der Waals surface area (Å²) in [6, 6.07) is 14.9. The van der Waals surface area contributed by atoms with E-state index < -0.39 is 23.7 Å².